The van der Waals surface area contributed by atoms with Crippen LogP contribution in [-0.2, 0) is 5.41 Å². The molecule has 1 nitrogen and oxygen atoms in total. The normalized spacial score (nSPS) is 29.2. The average molecular weight is 820 g/mol. The topological polar surface area (TPSA) is 3.24 Å². The molecule has 0 bridgehead atoms. The molecule has 306 valence electrons. The predicted octanol–water partition coefficient (Wildman–Crippen LogP) is 16.0. The third kappa shape index (κ3) is 4.41. The van der Waals surface area contributed by atoms with Crippen LogP contribution < -0.4 is 4.90 Å². The molecule has 7 atom stereocenters. The summed E-state index contributed by atoms with van der Waals surface area (Å²) in [7, 11) is 0. The molecule has 0 aliphatic heterocycles. The van der Waals surface area contributed by atoms with Gasteiger partial charge in [-0.1, -0.05) is 176 Å². The van der Waals surface area contributed by atoms with Crippen molar-refractivity contribution in [3.05, 3.63) is 234 Å². The quantitative estimate of drug-likeness (QED) is 0.151. The Morgan fingerprint density at radius 2 is 1.27 bits per heavy atom. The summed E-state index contributed by atoms with van der Waals surface area (Å²) in [5.41, 5.74) is 17.5. The molecule has 0 N–H and O–H groups in total. The number of hydrogen-bond acceptors (Lipinski definition) is 1. The van der Waals surface area contributed by atoms with Crippen molar-refractivity contribution in [2.75, 3.05) is 4.90 Å². The van der Waals surface area contributed by atoms with Crippen LogP contribution in [0, 0.1) is 35.0 Å². The molecule has 0 saturated heterocycles. The lowest BCUT2D eigenvalue weighted by Crippen LogP contribution is -2.88. The molecule has 4 fully saturated rings. The summed E-state index contributed by atoms with van der Waals surface area (Å²) < 4.78 is 0. The molecule has 7 unspecified atom stereocenters. The van der Waals surface area contributed by atoms with Crippen molar-refractivity contribution in [2.24, 2.45) is 35.0 Å². The van der Waals surface area contributed by atoms with E-state index in [4.69, 9.17) is 0 Å². The average Bonchev–Trinajstić information content (AvgIpc) is 3.63. The highest BCUT2D eigenvalue weighted by Gasteiger charge is 2.90. The highest BCUT2D eigenvalue weighted by Crippen LogP contribution is 2.94. The van der Waals surface area contributed by atoms with Gasteiger partial charge in [0.1, 0.15) is 0 Å². The zero-order chi connectivity index (χ0) is 41.7. The molecule has 15 rings (SSSR count). The second-order valence-corrected chi connectivity index (χ2v) is 20.2. The number of hydrogen-bond donors (Lipinski definition) is 0. The molecule has 4 saturated carbocycles. The Bertz CT molecular complexity index is 3320. The molecule has 8 aromatic carbocycles. The summed E-state index contributed by atoms with van der Waals surface area (Å²) in [6.45, 7) is 0. The number of nitrogens with zero attached hydrogens (tertiary/aromatic N) is 1. The highest BCUT2D eigenvalue weighted by atomic mass is 15.1. The van der Waals surface area contributed by atoms with Crippen LogP contribution in [0.2, 0.25) is 0 Å². The van der Waals surface area contributed by atoms with E-state index in [1.165, 1.54) is 96.8 Å². The molecular formula is C63H49N. The molecule has 0 aromatic heterocycles. The molecule has 7 aliphatic rings. The summed E-state index contributed by atoms with van der Waals surface area (Å²) in [5, 5.41) is 5.19. The van der Waals surface area contributed by atoms with Crippen LogP contribution >= 0.6 is 0 Å². The Balaban J connectivity index is 0.905. The van der Waals surface area contributed by atoms with E-state index in [0.717, 1.165) is 30.1 Å². The maximum Gasteiger partial charge on any atom is 0.0499 e. The van der Waals surface area contributed by atoms with Gasteiger partial charge < -0.3 is 4.90 Å². The molecular weight excluding hydrogens is 771 g/mol. The monoisotopic (exact) mass is 819 g/mol. The molecule has 64 heavy (non-hydrogen) atoms. The number of para-hydroxylation sites is 1. The van der Waals surface area contributed by atoms with Crippen LogP contribution in [0.5, 0.6) is 0 Å². The number of rotatable bonds is 6. The minimum Gasteiger partial charge on any atom is -0.310 e. The fourth-order valence-corrected chi connectivity index (χ4v) is 15.8. The van der Waals surface area contributed by atoms with Crippen molar-refractivity contribution < 1.29 is 0 Å². The summed E-state index contributed by atoms with van der Waals surface area (Å²) >= 11 is 0. The van der Waals surface area contributed by atoms with Gasteiger partial charge in [0.05, 0.1) is 0 Å². The van der Waals surface area contributed by atoms with Crippen molar-refractivity contribution in [1.29, 1.82) is 0 Å². The zero-order valence-electron chi connectivity index (χ0n) is 35.9. The number of anilines is 3. The van der Waals surface area contributed by atoms with Crippen molar-refractivity contribution in [3.63, 3.8) is 0 Å². The van der Waals surface area contributed by atoms with E-state index in [0.29, 0.717) is 17.3 Å². The van der Waals surface area contributed by atoms with Gasteiger partial charge in [-0.05, 0) is 163 Å². The molecule has 2 spiro atoms. The van der Waals surface area contributed by atoms with E-state index in [1.807, 2.05) is 0 Å². The van der Waals surface area contributed by atoms with Gasteiger partial charge in [-0.2, -0.15) is 0 Å². The number of allylic oxidation sites excluding steroid dienone is 6. The Labute approximate surface area is 376 Å². The van der Waals surface area contributed by atoms with Gasteiger partial charge in [-0.25, -0.2) is 0 Å². The van der Waals surface area contributed by atoms with E-state index in [1.54, 1.807) is 11.1 Å². The molecule has 0 radical (unpaired) electrons. The fourth-order valence-electron chi connectivity index (χ4n) is 15.8. The summed E-state index contributed by atoms with van der Waals surface area (Å²) in [5.74, 6) is 4.48. The molecule has 1 heteroatoms. The van der Waals surface area contributed by atoms with Gasteiger partial charge >= 0.3 is 0 Å². The zero-order valence-corrected chi connectivity index (χ0v) is 35.9. The van der Waals surface area contributed by atoms with Crippen LogP contribution in [0.4, 0.5) is 17.1 Å². The van der Waals surface area contributed by atoms with Crippen molar-refractivity contribution in [1.82, 2.24) is 0 Å². The van der Waals surface area contributed by atoms with Crippen molar-refractivity contribution in [3.8, 4) is 22.3 Å². The van der Waals surface area contributed by atoms with E-state index >= 15 is 0 Å². The van der Waals surface area contributed by atoms with Crippen LogP contribution in [0.15, 0.2) is 212 Å². The predicted molar refractivity (Wildman–Crippen MR) is 264 cm³/mol. The second-order valence-electron chi connectivity index (χ2n) is 20.2. The van der Waals surface area contributed by atoms with Crippen molar-refractivity contribution in [2.45, 2.75) is 42.9 Å². The Morgan fingerprint density at radius 3 is 2.14 bits per heavy atom. The molecule has 0 heterocycles. The van der Waals surface area contributed by atoms with Gasteiger partial charge in [0.2, 0.25) is 0 Å². The molecule has 0 amide bonds. The van der Waals surface area contributed by atoms with Crippen molar-refractivity contribution >= 4 is 38.6 Å². The van der Waals surface area contributed by atoms with Crippen LogP contribution in [0.1, 0.15) is 59.8 Å². The maximum absolute atomic E-state index is 2.67. The summed E-state index contributed by atoms with van der Waals surface area (Å²) in [6, 6.07) is 67.4. The molecule has 8 aromatic rings. The number of benzene rings is 8. The fraction of sp³-hybridized carbons (Fsp3) is 0.206. The van der Waals surface area contributed by atoms with Gasteiger partial charge in [-0.15, -0.1) is 0 Å². The SMILES string of the molecule is C1=CC(c2ccccc2N(c2ccc(-c3cccc4c3ccc3ccccc34)cc2)c2ccc3c(c2)C2(c4ccccc4-3)C3CC4CC5CC2C453)C2C(=C1)C=CCC2c1ccccc1. The Hall–Kier alpha value is -6.70. The van der Waals surface area contributed by atoms with E-state index < -0.39 is 0 Å². The third-order valence-corrected chi connectivity index (χ3v) is 18.2. The largest absolute Gasteiger partial charge is 0.310 e. The third-order valence-electron chi connectivity index (χ3n) is 18.2. The Kier molecular flexibility index (Phi) is 7.23. The lowest BCUT2D eigenvalue weighted by atomic mass is 9.11. The first-order chi connectivity index (χ1) is 31.7. The molecule has 7 aliphatic carbocycles. The van der Waals surface area contributed by atoms with Crippen LogP contribution in [0.25, 0.3) is 43.8 Å². The Morgan fingerprint density at radius 1 is 0.531 bits per heavy atom. The number of fused-ring (bicyclic) bond motifs is 11. The highest BCUT2D eigenvalue weighted by molar-refractivity contribution is 6.12. The lowest BCUT2D eigenvalue weighted by Gasteiger charge is -2.92. The smallest absolute Gasteiger partial charge is 0.0499 e. The summed E-state index contributed by atoms with van der Waals surface area (Å²) in [4.78, 5) is 2.62. The lowest BCUT2D eigenvalue weighted by molar-refractivity contribution is -0.412. The maximum atomic E-state index is 2.67. The van der Waals surface area contributed by atoms with Gasteiger partial charge in [0, 0.05) is 34.3 Å². The minimum atomic E-state index is 0.145. The van der Waals surface area contributed by atoms with E-state index in [2.05, 4.69) is 211 Å². The second kappa shape index (κ2) is 13.0. The first-order valence-electron chi connectivity index (χ1n) is 24.0. The minimum absolute atomic E-state index is 0.145. The summed E-state index contributed by atoms with van der Waals surface area (Å²) in [6.07, 6.45) is 17.3. The first-order valence-corrected chi connectivity index (χ1v) is 24.0. The van der Waals surface area contributed by atoms with Gasteiger partial charge in [-0.3, -0.25) is 0 Å². The first kappa shape index (κ1) is 35.7. The van der Waals surface area contributed by atoms with E-state index in [9.17, 15) is 0 Å². The van der Waals surface area contributed by atoms with Gasteiger partial charge in [0.25, 0.3) is 0 Å². The van der Waals surface area contributed by atoms with E-state index in [-0.39, 0.29) is 11.3 Å². The standard InChI is InChI=1S/C63H49N/c1-2-13-39(14-3-1)49-22-10-16-42-17-11-24-55(61(42)49)54-20-7-9-26-58(54)64(45-30-27-41(28-31-45)48-21-12-23-50-47-18-5-4-15-40(47)29-33-51(48)50)46-32-34-53-52-19-6-8-25-56(52)63(57(53)38-46)59-36-43-35-44-37-60(63)62(43,44)59/h1-21,23-34,38,43-44,49,55,59-61H,22,35-37H2. The van der Waals surface area contributed by atoms with Crippen LogP contribution in [0.3, 0.4) is 0 Å². The van der Waals surface area contributed by atoms with Crippen LogP contribution in [-0.4, -0.2) is 0 Å². The van der Waals surface area contributed by atoms with Gasteiger partial charge in [0.15, 0.2) is 0 Å².